The fraction of sp³-hybridized carbons (Fsp3) is 0.455. The van der Waals surface area contributed by atoms with Gasteiger partial charge in [-0.15, -0.1) is 0 Å². The van der Waals surface area contributed by atoms with Gasteiger partial charge in [-0.05, 0) is 30.0 Å². The van der Waals surface area contributed by atoms with E-state index in [4.69, 9.17) is 5.14 Å². The van der Waals surface area contributed by atoms with Crippen molar-refractivity contribution >= 4 is 10.0 Å². The summed E-state index contributed by atoms with van der Waals surface area (Å²) in [6.45, 7) is 4.26. The van der Waals surface area contributed by atoms with E-state index in [2.05, 4.69) is 13.8 Å². The van der Waals surface area contributed by atoms with E-state index in [9.17, 15) is 8.42 Å². The fourth-order valence-electron chi connectivity index (χ4n) is 1.40. The van der Waals surface area contributed by atoms with Crippen molar-refractivity contribution in [2.45, 2.75) is 31.6 Å². The van der Waals surface area contributed by atoms with E-state index >= 15 is 0 Å². The van der Waals surface area contributed by atoms with Crippen LogP contribution in [0.1, 0.15) is 25.8 Å². The minimum Gasteiger partial charge on any atom is -0.225 e. The van der Waals surface area contributed by atoms with E-state index in [1.807, 2.05) is 6.07 Å². The van der Waals surface area contributed by atoms with Gasteiger partial charge in [0.1, 0.15) is 0 Å². The number of hydrogen-bond acceptors (Lipinski definition) is 2. The zero-order valence-corrected chi connectivity index (χ0v) is 9.92. The Labute approximate surface area is 91.4 Å². The van der Waals surface area contributed by atoms with Crippen LogP contribution in [0.2, 0.25) is 0 Å². The standard InChI is InChI=1S/C11H17NO2S/c1-3-9(2)7-10-5-4-6-11(8-10)15(12,13)14/h4-6,8-9H,3,7H2,1-2H3,(H2,12,13,14). The molecule has 0 saturated carbocycles. The minimum absolute atomic E-state index is 0.198. The first-order valence-electron chi connectivity index (χ1n) is 5.05. The third kappa shape index (κ3) is 3.64. The van der Waals surface area contributed by atoms with Crippen LogP contribution >= 0.6 is 0 Å². The molecule has 0 aromatic heterocycles. The highest BCUT2D eigenvalue weighted by Gasteiger charge is 2.08. The maximum atomic E-state index is 11.1. The molecule has 0 fully saturated rings. The van der Waals surface area contributed by atoms with Crippen molar-refractivity contribution in [3.63, 3.8) is 0 Å². The molecule has 0 spiro atoms. The van der Waals surface area contributed by atoms with Crippen LogP contribution in [-0.4, -0.2) is 8.42 Å². The first-order valence-corrected chi connectivity index (χ1v) is 6.60. The molecular formula is C11H17NO2S. The maximum Gasteiger partial charge on any atom is 0.238 e. The number of rotatable bonds is 4. The molecule has 0 heterocycles. The third-order valence-corrected chi connectivity index (χ3v) is 3.42. The van der Waals surface area contributed by atoms with Gasteiger partial charge in [0.25, 0.3) is 0 Å². The molecule has 0 bridgehead atoms. The van der Waals surface area contributed by atoms with E-state index in [1.165, 1.54) is 6.07 Å². The van der Waals surface area contributed by atoms with Gasteiger partial charge in [-0.1, -0.05) is 32.4 Å². The summed E-state index contributed by atoms with van der Waals surface area (Å²) in [4.78, 5) is 0.198. The lowest BCUT2D eigenvalue weighted by atomic mass is 9.99. The lowest BCUT2D eigenvalue weighted by Crippen LogP contribution is -2.12. The van der Waals surface area contributed by atoms with Crippen LogP contribution in [0.4, 0.5) is 0 Å². The van der Waals surface area contributed by atoms with Crippen LogP contribution in [0.5, 0.6) is 0 Å². The molecule has 1 atom stereocenters. The summed E-state index contributed by atoms with van der Waals surface area (Å²) in [5.41, 5.74) is 1.02. The number of hydrogen-bond donors (Lipinski definition) is 1. The Hall–Kier alpha value is -0.870. The lowest BCUT2D eigenvalue weighted by Gasteiger charge is -2.08. The molecule has 84 valence electrons. The summed E-state index contributed by atoms with van der Waals surface area (Å²) in [5, 5.41) is 5.06. The molecule has 0 aliphatic rings. The fourth-order valence-corrected chi connectivity index (χ4v) is 1.98. The first-order chi connectivity index (χ1) is 6.93. The van der Waals surface area contributed by atoms with Crippen LogP contribution in [0, 0.1) is 5.92 Å². The van der Waals surface area contributed by atoms with E-state index < -0.39 is 10.0 Å². The summed E-state index contributed by atoms with van der Waals surface area (Å²) in [6, 6.07) is 6.84. The SMILES string of the molecule is CCC(C)Cc1cccc(S(N)(=O)=O)c1. The third-order valence-electron chi connectivity index (χ3n) is 2.51. The zero-order valence-electron chi connectivity index (χ0n) is 9.10. The van der Waals surface area contributed by atoms with E-state index in [-0.39, 0.29) is 4.90 Å². The van der Waals surface area contributed by atoms with E-state index in [1.54, 1.807) is 12.1 Å². The molecule has 0 aliphatic carbocycles. The number of nitrogens with two attached hydrogens (primary N) is 1. The Morgan fingerprint density at radius 1 is 1.40 bits per heavy atom. The van der Waals surface area contributed by atoms with Gasteiger partial charge < -0.3 is 0 Å². The molecule has 0 aliphatic heterocycles. The topological polar surface area (TPSA) is 60.2 Å². The van der Waals surface area contributed by atoms with Gasteiger partial charge in [0.15, 0.2) is 0 Å². The largest absolute Gasteiger partial charge is 0.238 e. The highest BCUT2D eigenvalue weighted by Crippen LogP contribution is 2.15. The van der Waals surface area contributed by atoms with E-state index in [0.29, 0.717) is 5.92 Å². The monoisotopic (exact) mass is 227 g/mol. The summed E-state index contributed by atoms with van der Waals surface area (Å²) in [5.74, 6) is 0.556. The second kappa shape index (κ2) is 4.77. The molecule has 0 radical (unpaired) electrons. The van der Waals surface area contributed by atoms with Gasteiger partial charge in [0, 0.05) is 0 Å². The second-order valence-electron chi connectivity index (χ2n) is 3.91. The quantitative estimate of drug-likeness (QED) is 0.854. The highest BCUT2D eigenvalue weighted by atomic mass is 32.2. The van der Waals surface area contributed by atoms with Crippen LogP contribution in [0.25, 0.3) is 0 Å². The van der Waals surface area contributed by atoms with Gasteiger partial charge in [-0.3, -0.25) is 0 Å². The lowest BCUT2D eigenvalue weighted by molar-refractivity contribution is 0.559. The number of benzene rings is 1. The summed E-state index contributed by atoms with van der Waals surface area (Å²) < 4.78 is 22.2. The number of sulfonamides is 1. The first kappa shape index (κ1) is 12.2. The van der Waals surface area contributed by atoms with Crippen LogP contribution in [0.15, 0.2) is 29.2 Å². The van der Waals surface area contributed by atoms with Crippen LogP contribution < -0.4 is 5.14 Å². The van der Waals surface area contributed by atoms with Gasteiger partial charge in [0.05, 0.1) is 4.90 Å². The second-order valence-corrected chi connectivity index (χ2v) is 5.47. The molecule has 15 heavy (non-hydrogen) atoms. The molecular weight excluding hydrogens is 210 g/mol. The highest BCUT2D eigenvalue weighted by molar-refractivity contribution is 7.89. The average molecular weight is 227 g/mol. The van der Waals surface area contributed by atoms with Crippen molar-refractivity contribution in [3.05, 3.63) is 29.8 Å². The number of primary sulfonamides is 1. The van der Waals surface area contributed by atoms with Gasteiger partial charge in [-0.25, -0.2) is 13.6 Å². The molecule has 1 aromatic carbocycles. The molecule has 4 heteroatoms. The molecule has 0 saturated heterocycles. The van der Waals surface area contributed by atoms with Crippen molar-refractivity contribution in [2.24, 2.45) is 11.1 Å². The van der Waals surface area contributed by atoms with Gasteiger partial charge in [0.2, 0.25) is 10.0 Å². The Bertz CT molecular complexity index is 426. The van der Waals surface area contributed by atoms with Gasteiger partial charge >= 0.3 is 0 Å². The van der Waals surface area contributed by atoms with Crippen molar-refractivity contribution < 1.29 is 8.42 Å². The summed E-state index contributed by atoms with van der Waals surface area (Å²) in [7, 11) is -3.57. The average Bonchev–Trinajstić information content (AvgIpc) is 2.17. The maximum absolute atomic E-state index is 11.1. The molecule has 1 unspecified atom stereocenters. The smallest absolute Gasteiger partial charge is 0.225 e. The molecule has 1 rings (SSSR count). The van der Waals surface area contributed by atoms with Gasteiger partial charge in [-0.2, -0.15) is 0 Å². The van der Waals surface area contributed by atoms with Crippen molar-refractivity contribution in [1.29, 1.82) is 0 Å². The molecule has 2 N–H and O–H groups in total. The normalized spacial score (nSPS) is 13.8. The van der Waals surface area contributed by atoms with Crippen molar-refractivity contribution in [2.75, 3.05) is 0 Å². The minimum atomic E-state index is -3.57. The molecule has 0 amide bonds. The Morgan fingerprint density at radius 2 is 2.07 bits per heavy atom. The van der Waals surface area contributed by atoms with Crippen molar-refractivity contribution in [3.8, 4) is 0 Å². The molecule has 1 aromatic rings. The summed E-state index contributed by atoms with van der Waals surface area (Å²) >= 11 is 0. The predicted octanol–water partition coefficient (Wildman–Crippen LogP) is 1.92. The molecule has 3 nitrogen and oxygen atoms in total. The Kier molecular flexibility index (Phi) is 3.88. The Balaban J connectivity index is 2.94. The van der Waals surface area contributed by atoms with Crippen LogP contribution in [0.3, 0.4) is 0 Å². The summed E-state index contributed by atoms with van der Waals surface area (Å²) in [6.07, 6.45) is 1.97. The zero-order chi connectivity index (χ0) is 11.5. The Morgan fingerprint density at radius 3 is 2.60 bits per heavy atom. The van der Waals surface area contributed by atoms with E-state index in [0.717, 1.165) is 18.4 Å². The van der Waals surface area contributed by atoms with Crippen molar-refractivity contribution in [1.82, 2.24) is 0 Å². The van der Waals surface area contributed by atoms with Crippen LogP contribution in [-0.2, 0) is 16.4 Å². The predicted molar refractivity (Wildman–Crippen MR) is 61.0 cm³/mol.